The standard InChI is InChI=1S/C15H16N4O/c1-10-6-11(2)8-13(7-10)20-12(3)14-4-5-16-15-17-9-18-19(14)15/h4-9,12H,1-3H3. The van der Waals surface area contributed by atoms with E-state index in [0.717, 1.165) is 11.4 Å². The molecule has 0 amide bonds. The fraction of sp³-hybridized carbons (Fsp3) is 0.267. The zero-order valence-corrected chi connectivity index (χ0v) is 11.7. The van der Waals surface area contributed by atoms with Crippen LogP contribution in [0, 0.1) is 13.8 Å². The predicted molar refractivity (Wildman–Crippen MR) is 75.7 cm³/mol. The van der Waals surface area contributed by atoms with Crippen molar-refractivity contribution >= 4 is 5.78 Å². The molecule has 102 valence electrons. The van der Waals surface area contributed by atoms with E-state index in [9.17, 15) is 0 Å². The Balaban J connectivity index is 1.92. The molecule has 2 heterocycles. The van der Waals surface area contributed by atoms with Gasteiger partial charge in [-0.1, -0.05) is 6.07 Å². The van der Waals surface area contributed by atoms with Crippen LogP contribution in [0.3, 0.4) is 0 Å². The maximum Gasteiger partial charge on any atom is 0.252 e. The normalized spacial score (nSPS) is 12.6. The second-order valence-electron chi connectivity index (χ2n) is 4.93. The lowest BCUT2D eigenvalue weighted by Gasteiger charge is -2.16. The first-order valence-corrected chi connectivity index (χ1v) is 6.53. The van der Waals surface area contributed by atoms with E-state index in [4.69, 9.17) is 4.74 Å². The zero-order chi connectivity index (χ0) is 14.1. The number of benzene rings is 1. The molecule has 0 N–H and O–H groups in total. The van der Waals surface area contributed by atoms with Gasteiger partial charge in [0.2, 0.25) is 0 Å². The molecule has 0 saturated carbocycles. The van der Waals surface area contributed by atoms with Gasteiger partial charge in [0, 0.05) is 6.20 Å². The summed E-state index contributed by atoms with van der Waals surface area (Å²) in [5, 5.41) is 4.18. The summed E-state index contributed by atoms with van der Waals surface area (Å²) >= 11 is 0. The van der Waals surface area contributed by atoms with Crippen LogP contribution in [0.25, 0.3) is 5.78 Å². The molecule has 2 aromatic heterocycles. The van der Waals surface area contributed by atoms with Gasteiger partial charge in [0.05, 0.1) is 5.69 Å². The van der Waals surface area contributed by atoms with E-state index in [2.05, 4.69) is 35.0 Å². The molecule has 0 saturated heterocycles. The topological polar surface area (TPSA) is 52.3 Å². The minimum Gasteiger partial charge on any atom is -0.484 e. The van der Waals surface area contributed by atoms with Gasteiger partial charge in [-0.3, -0.25) is 0 Å². The summed E-state index contributed by atoms with van der Waals surface area (Å²) in [4.78, 5) is 8.24. The molecule has 5 heteroatoms. The number of nitrogens with zero attached hydrogens (tertiary/aromatic N) is 4. The Morgan fingerprint density at radius 1 is 1.10 bits per heavy atom. The highest BCUT2D eigenvalue weighted by molar-refractivity contribution is 5.34. The van der Waals surface area contributed by atoms with Crippen molar-refractivity contribution in [3.63, 3.8) is 0 Å². The lowest BCUT2D eigenvalue weighted by molar-refractivity contribution is 0.218. The molecule has 0 bridgehead atoms. The van der Waals surface area contributed by atoms with E-state index in [1.807, 2.05) is 25.1 Å². The number of aryl methyl sites for hydroxylation is 2. The third kappa shape index (κ3) is 2.34. The van der Waals surface area contributed by atoms with Crippen LogP contribution in [0.1, 0.15) is 29.8 Å². The van der Waals surface area contributed by atoms with E-state index in [-0.39, 0.29) is 6.10 Å². The maximum absolute atomic E-state index is 6.02. The van der Waals surface area contributed by atoms with Crippen molar-refractivity contribution in [3.8, 4) is 5.75 Å². The predicted octanol–water partition coefficient (Wildman–Crippen LogP) is 2.88. The average molecular weight is 268 g/mol. The van der Waals surface area contributed by atoms with Gasteiger partial charge < -0.3 is 4.74 Å². The van der Waals surface area contributed by atoms with E-state index in [1.54, 1.807) is 10.7 Å². The Morgan fingerprint density at radius 3 is 2.60 bits per heavy atom. The minimum absolute atomic E-state index is 0.136. The van der Waals surface area contributed by atoms with Gasteiger partial charge in [0.1, 0.15) is 18.2 Å². The summed E-state index contributed by atoms with van der Waals surface area (Å²) < 4.78 is 7.72. The first-order chi connectivity index (χ1) is 9.63. The molecule has 3 rings (SSSR count). The molecule has 1 unspecified atom stereocenters. The Morgan fingerprint density at radius 2 is 1.85 bits per heavy atom. The maximum atomic E-state index is 6.02. The first-order valence-electron chi connectivity index (χ1n) is 6.53. The third-order valence-electron chi connectivity index (χ3n) is 3.13. The quantitative estimate of drug-likeness (QED) is 0.733. The van der Waals surface area contributed by atoms with Gasteiger partial charge in [0.25, 0.3) is 5.78 Å². The number of hydrogen-bond acceptors (Lipinski definition) is 4. The van der Waals surface area contributed by atoms with Gasteiger partial charge >= 0.3 is 0 Å². The van der Waals surface area contributed by atoms with Crippen molar-refractivity contribution in [2.45, 2.75) is 26.9 Å². The van der Waals surface area contributed by atoms with Crippen LogP contribution in [0.4, 0.5) is 0 Å². The first kappa shape index (κ1) is 12.6. The smallest absolute Gasteiger partial charge is 0.252 e. The summed E-state index contributed by atoms with van der Waals surface area (Å²) in [5.41, 5.74) is 3.30. The number of aromatic nitrogens is 4. The fourth-order valence-corrected chi connectivity index (χ4v) is 2.33. The molecule has 0 fully saturated rings. The molecular weight excluding hydrogens is 252 g/mol. The average Bonchev–Trinajstić information content (AvgIpc) is 2.85. The van der Waals surface area contributed by atoms with Crippen molar-refractivity contribution in [1.82, 2.24) is 19.6 Å². The number of ether oxygens (including phenoxy) is 1. The molecule has 0 aliphatic heterocycles. The zero-order valence-electron chi connectivity index (χ0n) is 11.7. The van der Waals surface area contributed by atoms with Crippen LogP contribution < -0.4 is 4.74 Å². The van der Waals surface area contributed by atoms with Gasteiger partial charge in [-0.2, -0.15) is 14.6 Å². The van der Waals surface area contributed by atoms with Gasteiger partial charge in [-0.05, 0) is 50.1 Å². The Bertz CT molecular complexity index is 730. The van der Waals surface area contributed by atoms with E-state index in [1.165, 1.54) is 17.5 Å². The highest BCUT2D eigenvalue weighted by Gasteiger charge is 2.13. The molecule has 0 aliphatic rings. The summed E-state index contributed by atoms with van der Waals surface area (Å²) in [6, 6.07) is 8.08. The molecule has 1 aromatic carbocycles. The highest BCUT2D eigenvalue weighted by atomic mass is 16.5. The van der Waals surface area contributed by atoms with Gasteiger partial charge in [-0.15, -0.1) is 0 Å². The van der Waals surface area contributed by atoms with Gasteiger partial charge in [0.15, 0.2) is 0 Å². The van der Waals surface area contributed by atoms with Gasteiger partial charge in [-0.25, -0.2) is 4.98 Å². The molecule has 3 aromatic rings. The molecule has 0 aliphatic carbocycles. The summed E-state index contributed by atoms with van der Waals surface area (Å²) in [6.45, 7) is 6.12. The largest absolute Gasteiger partial charge is 0.484 e. The Labute approximate surface area is 117 Å². The third-order valence-corrected chi connectivity index (χ3v) is 3.13. The molecule has 20 heavy (non-hydrogen) atoms. The highest BCUT2D eigenvalue weighted by Crippen LogP contribution is 2.23. The van der Waals surface area contributed by atoms with Crippen LogP contribution in [-0.4, -0.2) is 19.6 Å². The van der Waals surface area contributed by atoms with Crippen molar-refractivity contribution < 1.29 is 4.74 Å². The molecule has 0 spiro atoms. The van der Waals surface area contributed by atoms with Crippen LogP contribution in [-0.2, 0) is 0 Å². The van der Waals surface area contributed by atoms with Crippen molar-refractivity contribution in [3.05, 3.63) is 53.6 Å². The lowest BCUT2D eigenvalue weighted by atomic mass is 10.1. The van der Waals surface area contributed by atoms with Crippen LogP contribution in [0.2, 0.25) is 0 Å². The summed E-state index contributed by atoms with van der Waals surface area (Å²) in [6.07, 6.45) is 3.08. The van der Waals surface area contributed by atoms with Crippen molar-refractivity contribution in [2.24, 2.45) is 0 Å². The summed E-state index contributed by atoms with van der Waals surface area (Å²) in [5.74, 6) is 1.44. The Hall–Kier alpha value is -2.43. The van der Waals surface area contributed by atoms with E-state index in [0.29, 0.717) is 5.78 Å². The number of fused-ring (bicyclic) bond motifs is 1. The van der Waals surface area contributed by atoms with Crippen LogP contribution in [0.15, 0.2) is 36.8 Å². The molecule has 1 atom stereocenters. The SMILES string of the molecule is Cc1cc(C)cc(OC(C)c2ccnc3ncnn23)c1. The molecular formula is C15H16N4O. The fourth-order valence-electron chi connectivity index (χ4n) is 2.33. The Kier molecular flexibility index (Phi) is 3.10. The van der Waals surface area contributed by atoms with Crippen molar-refractivity contribution in [2.75, 3.05) is 0 Å². The number of hydrogen-bond donors (Lipinski definition) is 0. The number of rotatable bonds is 3. The lowest BCUT2D eigenvalue weighted by Crippen LogP contribution is -2.10. The van der Waals surface area contributed by atoms with Crippen LogP contribution >= 0.6 is 0 Å². The van der Waals surface area contributed by atoms with E-state index < -0.39 is 0 Å². The molecule has 5 nitrogen and oxygen atoms in total. The van der Waals surface area contributed by atoms with Crippen LogP contribution in [0.5, 0.6) is 5.75 Å². The van der Waals surface area contributed by atoms with Crippen molar-refractivity contribution in [1.29, 1.82) is 0 Å². The summed E-state index contributed by atoms with van der Waals surface area (Å²) in [7, 11) is 0. The molecule has 0 radical (unpaired) electrons. The minimum atomic E-state index is -0.136. The second-order valence-corrected chi connectivity index (χ2v) is 4.93. The second kappa shape index (κ2) is 4.92. The monoisotopic (exact) mass is 268 g/mol. The van der Waals surface area contributed by atoms with E-state index >= 15 is 0 Å².